The molecule has 0 aliphatic heterocycles. The number of aryl methyl sites for hydroxylation is 2. The molecule has 0 saturated carbocycles. The molecule has 1 aromatic carbocycles. The SMILES string of the molecule is Cc1cnccc1Oc1c(C)cccc1C(=O)O. The van der Waals surface area contributed by atoms with E-state index in [2.05, 4.69) is 4.98 Å². The zero-order chi connectivity index (χ0) is 13.1. The standard InChI is InChI=1S/C14H13NO3/c1-9-4-3-5-11(14(16)17)13(9)18-12-6-7-15-8-10(12)2/h3-8H,1-2H3,(H,16,17). The minimum Gasteiger partial charge on any atom is -0.478 e. The van der Waals surface area contributed by atoms with Crippen LogP contribution in [0.4, 0.5) is 0 Å². The monoisotopic (exact) mass is 243 g/mol. The Morgan fingerprint density at radius 3 is 2.67 bits per heavy atom. The average Bonchev–Trinajstić information content (AvgIpc) is 2.34. The number of rotatable bonds is 3. The third kappa shape index (κ3) is 2.32. The molecule has 0 aliphatic carbocycles. The fourth-order valence-electron chi connectivity index (χ4n) is 1.64. The van der Waals surface area contributed by atoms with Crippen molar-refractivity contribution >= 4 is 5.97 Å². The van der Waals surface area contributed by atoms with Crippen molar-refractivity contribution in [2.45, 2.75) is 13.8 Å². The van der Waals surface area contributed by atoms with Crippen LogP contribution in [-0.4, -0.2) is 16.1 Å². The van der Waals surface area contributed by atoms with Crippen molar-refractivity contribution in [3.05, 3.63) is 53.3 Å². The van der Waals surface area contributed by atoms with E-state index in [0.717, 1.165) is 11.1 Å². The van der Waals surface area contributed by atoms with Crippen LogP contribution in [0.3, 0.4) is 0 Å². The Labute approximate surface area is 105 Å². The second-order valence-corrected chi connectivity index (χ2v) is 4.00. The van der Waals surface area contributed by atoms with Crippen LogP contribution in [0.5, 0.6) is 11.5 Å². The summed E-state index contributed by atoms with van der Waals surface area (Å²) in [4.78, 5) is 15.1. The average molecular weight is 243 g/mol. The molecule has 0 atom stereocenters. The van der Waals surface area contributed by atoms with Gasteiger partial charge in [-0.15, -0.1) is 0 Å². The number of ether oxygens (including phenoxy) is 1. The molecule has 2 rings (SSSR count). The number of hydrogen-bond donors (Lipinski definition) is 1. The third-order valence-electron chi connectivity index (χ3n) is 2.62. The van der Waals surface area contributed by atoms with Gasteiger partial charge in [-0.2, -0.15) is 0 Å². The molecule has 0 fully saturated rings. The zero-order valence-corrected chi connectivity index (χ0v) is 10.2. The topological polar surface area (TPSA) is 59.4 Å². The molecule has 18 heavy (non-hydrogen) atoms. The van der Waals surface area contributed by atoms with Crippen LogP contribution in [0.15, 0.2) is 36.7 Å². The van der Waals surface area contributed by atoms with Crippen LogP contribution in [0.1, 0.15) is 21.5 Å². The summed E-state index contributed by atoms with van der Waals surface area (Å²) in [5.41, 5.74) is 1.80. The van der Waals surface area contributed by atoms with Crippen LogP contribution in [0.25, 0.3) is 0 Å². The number of carboxylic acid groups (broad SMARTS) is 1. The fraction of sp³-hybridized carbons (Fsp3) is 0.143. The number of carboxylic acids is 1. The molecular formula is C14H13NO3. The normalized spacial score (nSPS) is 10.1. The highest BCUT2D eigenvalue weighted by Crippen LogP contribution is 2.30. The molecule has 0 radical (unpaired) electrons. The molecule has 0 unspecified atom stereocenters. The number of aromatic carboxylic acids is 1. The minimum absolute atomic E-state index is 0.159. The highest BCUT2D eigenvalue weighted by molar-refractivity contribution is 5.91. The van der Waals surface area contributed by atoms with Gasteiger partial charge in [-0.25, -0.2) is 4.79 Å². The molecule has 1 N–H and O–H groups in total. The number of pyridine rings is 1. The van der Waals surface area contributed by atoms with Crippen LogP contribution in [-0.2, 0) is 0 Å². The van der Waals surface area contributed by atoms with Crippen LogP contribution in [0.2, 0.25) is 0 Å². The van der Waals surface area contributed by atoms with Crippen molar-refractivity contribution in [3.63, 3.8) is 0 Å². The van der Waals surface area contributed by atoms with Crippen LogP contribution < -0.4 is 4.74 Å². The van der Waals surface area contributed by atoms with E-state index in [-0.39, 0.29) is 5.56 Å². The Morgan fingerprint density at radius 1 is 1.22 bits per heavy atom. The highest BCUT2D eigenvalue weighted by atomic mass is 16.5. The van der Waals surface area contributed by atoms with Crippen molar-refractivity contribution in [1.82, 2.24) is 4.98 Å². The first-order valence-electron chi connectivity index (χ1n) is 5.51. The molecule has 4 nitrogen and oxygen atoms in total. The van der Waals surface area contributed by atoms with E-state index in [9.17, 15) is 4.79 Å². The van der Waals surface area contributed by atoms with Gasteiger partial charge in [-0.05, 0) is 31.5 Å². The highest BCUT2D eigenvalue weighted by Gasteiger charge is 2.14. The summed E-state index contributed by atoms with van der Waals surface area (Å²) in [6.45, 7) is 3.68. The smallest absolute Gasteiger partial charge is 0.339 e. The molecule has 0 bridgehead atoms. The number of benzene rings is 1. The molecule has 1 aromatic heterocycles. The largest absolute Gasteiger partial charge is 0.478 e. The van der Waals surface area contributed by atoms with Gasteiger partial charge in [0.05, 0.1) is 0 Å². The number of hydrogen-bond acceptors (Lipinski definition) is 3. The van der Waals surface area contributed by atoms with E-state index >= 15 is 0 Å². The van der Waals surface area contributed by atoms with Gasteiger partial charge in [0.2, 0.25) is 0 Å². The van der Waals surface area contributed by atoms with E-state index in [1.165, 1.54) is 6.07 Å². The number of aromatic nitrogens is 1. The first-order chi connectivity index (χ1) is 8.59. The van der Waals surface area contributed by atoms with Gasteiger partial charge in [0, 0.05) is 18.0 Å². The molecule has 0 aliphatic rings. The summed E-state index contributed by atoms with van der Waals surface area (Å²) in [7, 11) is 0. The maximum absolute atomic E-state index is 11.2. The van der Waals surface area contributed by atoms with E-state index in [0.29, 0.717) is 11.5 Å². The minimum atomic E-state index is -1.000. The lowest BCUT2D eigenvalue weighted by atomic mass is 10.1. The Hall–Kier alpha value is -2.36. The lowest BCUT2D eigenvalue weighted by Crippen LogP contribution is -2.02. The number of nitrogens with zero attached hydrogens (tertiary/aromatic N) is 1. The molecule has 2 aromatic rings. The second kappa shape index (κ2) is 4.87. The van der Waals surface area contributed by atoms with E-state index in [4.69, 9.17) is 9.84 Å². The van der Waals surface area contributed by atoms with Gasteiger partial charge in [0.25, 0.3) is 0 Å². The summed E-state index contributed by atoms with van der Waals surface area (Å²) in [5, 5.41) is 9.15. The van der Waals surface area contributed by atoms with Gasteiger partial charge in [0.15, 0.2) is 0 Å². The van der Waals surface area contributed by atoms with Crippen molar-refractivity contribution in [3.8, 4) is 11.5 Å². The van der Waals surface area contributed by atoms with Gasteiger partial charge in [0.1, 0.15) is 17.1 Å². The predicted octanol–water partition coefficient (Wildman–Crippen LogP) is 3.19. The van der Waals surface area contributed by atoms with Gasteiger partial charge >= 0.3 is 5.97 Å². The second-order valence-electron chi connectivity index (χ2n) is 4.00. The first-order valence-corrected chi connectivity index (χ1v) is 5.51. The fourth-order valence-corrected chi connectivity index (χ4v) is 1.64. The molecule has 4 heteroatoms. The van der Waals surface area contributed by atoms with Gasteiger partial charge in [-0.3, -0.25) is 4.98 Å². The van der Waals surface area contributed by atoms with Gasteiger partial charge < -0.3 is 9.84 Å². The van der Waals surface area contributed by atoms with Crippen molar-refractivity contribution < 1.29 is 14.6 Å². The van der Waals surface area contributed by atoms with Crippen LogP contribution >= 0.6 is 0 Å². The predicted molar refractivity (Wildman–Crippen MR) is 67.2 cm³/mol. The Bertz CT molecular complexity index is 593. The van der Waals surface area contributed by atoms with Crippen molar-refractivity contribution in [1.29, 1.82) is 0 Å². The van der Waals surface area contributed by atoms with Gasteiger partial charge in [-0.1, -0.05) is 12.1 Å². The molecule has 0 amide bonds. The van der Waals surface area contributed by atoms with E-state index < -0.39 is 5.97 Å². The third-order valence-corrected chi connectivity index (χ3v) is 2.62. The summed E-state index contributed by atoms with van der Waals surface area (Å²) < 4.78 is 5.71. The summed E-state index contributed by atoms with van der Waals surface area (Å²) in [6.07, 6.45) is 3.29. The van der Waals surface area contributed by atoms with E-state index in [1.807, 2.05) is 19.9 Å². The first kappa shape index (κ1) is 12.1. The Kier molecular flexibility index (Phi) is 3.28. The molecule has 0 spiro atoms. The Balaban J connectivity index is 2.46. The number of carbonyl (C=O) groups is 1. The molecular weight excluding hydrogens is 230 g/mol. The van der Waals surface area contributed by atoms with Crippen molar-refractivity contribution in [2.75, 3.05) is 0 Å². The quantitative estimate of drug-likeness (QED) is 0.899. The van der Waals surface area contributed by atoms with Crippen molar-refractivity contribution in [2.24, 2.45) is 0 Å². The lowest BCUT2D eigenvalue weighted by molar-refractivity contribution is 0.0694. The van der Waals surface area contributed by atoms with E-state index in [1.54, 1.807) is 24.5 Å². The zero-order valence-electron chi connectivity index (χ0n) is 10.2. The summed E-state index contributed by atoms with van der Waals surface area (Å²) in [5.74, 6) is -0.0125. The summed E-state index contributed by atoms with van der Waals surface area (Å²) >= 11 is 0. The maximum atomic E-state index is 11.2. The van der Waals surface area contributed by atoms with Crippen LogP contribution in [0, 0.1) is 13.8 Å². The lowest BCUT2D eigenvalue weighted by Gasteiger charge is -2.12. The molecule has 1 heterocycles. The maximum Gasteiger partial charge on any atom is 0.339 e. The number of para-hydroxylation sites is 1. The molecule has 92 valence electrons. The summed E-state index contributed by atoms with van der Waals surface area (Å²) in [6, 6.07) is 6.76. The Morgan fingerprint density at radius 2 is 2.00 bits per heavy atom. The molecule has 0 saturated heterocycles.